The Morgan fingerprint density at radius 2 is 1.46 bits per heavy atom. The lowest BCUT2D eigenvalue weighted by molar-refractivity contribution is -0.164. The molecule has 1 N–H and O–H groups in total. The van der Waals surface area contributed by atoms with Crippen LogP contribution in [0.25, 0.3) is 0 Å². The van der Waals surface area contributed by atoms with Crippen LogP contribution < -0.4 is 0 Å². The highest BCUT2D eigenvalue weighted by Gasteiger charge is 2.37. The number of hydrogen-bond acceptors (Lipinski definition) is 3. The lowest BCUT2D eigenvalue weighted by Crippen LogP contribution is -2.36. The lowest BCUT2D eigenvalue weighted by atomic mass is 9.79. The van der Waals surface area contributed by atoms with Gasteiger partial charge in [-0.05, 0) is 38.0 Å². The van der Waals surface area contributed by atoms with E-state index in [2.05, 4.69) is 20.8 Å². The standard InChI is InChI=1S/C24H44O4/c1-4-7-9-14-19(13-6-3)18-20(15-10-8-5-2)28-24(27)22-17-12-11-16-21(22)23(25)26/h19-22H,4-18H2,1-3H3,(H,25,26). The highest BCUT2D eigenvalue weighted by atomic mass is 16.5. The van der Waals surface area contributed by atoms with E-state index < -0.39 is 17.8 Å². The number of aliphatic carboxylic acids is 1. The minimum Gasteiger partial charge on any atom is -0.481 e. The first-order valence-electron chi connectivity index (χ1n) is 12.0. The predicted molar refractivity (Wildman–Crippen MR) is 114 cm³/mol. The van der Waals surface area contributed by atoms with Crippen LogP contribution >= 0.6 is 0 Å². The fourth-order valence-corrected chi connectivity index (χ4v) is 4.65. The summed E-state index contributed by atoms with van der Waals surface area (Å²) in [5.41, 5.74) is 0. The smallest absolute Gasteiger partial charge is 0.310 e. The second kappa shape index (κ2) is 14.9. The number of unbranched alkanes of at least 4 members (excludes halogenated alkanes) is 4. The van der Waals surface area contributed by atoms with E-state index in [1.54, 1.807) is 0 Å². The van der Waals surface area contributed by atoms with E-state index in [9.17, 15) is 14.7 Å². The van der Waals surface area contributed by atoms with Crippen LogP contribution in [0, 0.1) is 17.8 Å². The van der Waals surface area contributed by atoms with E-state index in [0.717, 1.165) is 51.4 Å². The molecule has 0 amide bonds. The third kappa shape index (κ3) is 9.43. The van der Waals surface area contributed by atoms with Gasteiger partial charge in [-0.2, -0.15) is 0 Å². The van der Waals surface area contributed by atoms with Crippen LogP contribution in [0.4, 0.5) is 0 Å². The minimum absolute atomic E-state index is 0.0476. The summed E-state index contributed by atoms with van der Waals surface area (Å²) in [5.74, 6) is -1.50. The monoisotopic (exact) mass is 396 g/mol. The average molecular weight is 397 g/mol. The van der Waals surface area contributed by atoms with Crippen molar-refractivity contribution < 1.29 is 19.4 Å². The minimum atomic E-state index is -0.840. The Labute approximate surface area is 172 Å². The molecule has 164 valence electrons. The van der Waals surface area contributed by atoms with Crippen LogP contribution in [0.15, 0.2) is 0 Å². The molecule has 4 atom stereocenters. The third-order valence-corrected chi connectivity index (χ3v) is 6.31. The molecule has 0 heterocycles. The Bertz CT molecular complexity index is 434. The van der Waals surface area contributed by atoms with Gasteiger partial charge in [0.15, 0.2) is 0 Å². The van der Waals surface area contributed by atoms with Crippen molar-refractivity contribution in [1.29, 1.82) is 0 Å². The number of hydrogen-bond donors (Lipinski definition) is 1. The molecule has 0 radical (unpaired) electrons. The Morgan fingerprint density at radius 3 is 2.04 bits per heavy atom. The van der Waals surface area contributed by atoms with Gasteiger partial charge >= 0.3 is 11.9 Å². The lowest BCUT2D eigenvalue weighted by Gasteiger charge is -2.30. The first-order valence-corrected chi connectivity index (χ1v) is 12.0. The van der Waals surface area contributed by atoms with Crippen molar-refractivity contribution in [2.24, 2.45) is 17.8 Å². The molecule has 28 heavy (non-hydrogen) atoms. The van der Waals surface area contributed by atoms with Gasteiger partial charge in [0.25, 0.3) is 0 Å². The molecule has 0 spiro atoms. The topological polar surface area (TPSA) is 63.6 Å². The zero-order chi connectivity index (χ0) is 20.8. The quantitative estimate of drug-likeness (QED) is 0.245. The highest BCUT2D eigenvalue weighted by Crippen LogP contribution is 2.33. The first-order chi connectivity index (χ1) is 13.5. The number of carbonyl (C=O) groups excluding carboxylic acids is 1. The van der Waals surface area contributed by atoms with E-state index in [-0.39, 0.29) is 12.1 Å². The molecule has 1 rings (SSSR count). The van der Waals surface area contributed by atoms with E-state index in [1.807, 2.05) is 0 Å². The third-order valence-electron chi connectivity index (χ3n) is 6.31. The summed E-state index contributed by atoms with van der Waals surface area (Å²) >= 11 is 0. The molecule has 4 heteroatoms. The molecule has 1 aliphatic rings. The second-order valence-electron chi connectivity index (χ2n) is 8.78. The van der Waals surface area contributed by atoms with Crippen LogP contribution in [0.3, 0.4) is 0 Å². The van der Waals surface area contributed by atoms with E-state index in [1.165, 1.54) is 32.1 Å². The summed E-state index contributed by atoms with van der Waals surface area (Å²) < 4.78 is 6.00. The summed E-state index contributed by atoms with van der Waals surface area (Å²) in [7, 11) is 0. The molecule has 1 saturated carbocycles. The van der Waals surface area contributed by atoms with Gasteiger partial charge in [-0.3, -0.25) is 9.59 Å². The van der Waals surface area contributed by atoms with Gasteiger partial charge in [-0.1, -0.05) is 85.0 Å². The Hall–Kier alpha value is -1.06. The number of rotatable bonds is 15. The van der Waals surface area contributed by atoms with Gasteiger partial charge in [0.05, 0.1) is 11.8 Å². The van der Waals surface area contributed by atoms with Crippen LogP contribution in [-0.4, -0.2) is 23.1 Å². The molecule has 0 aromatic rings. The fourth-order valence-electron chi connectivity index (χ4n) is 4.65. The van der Waals surface area contributed by atoms with Crippen molar-refractivity contribution in [3.63, 3.8) is 0 Å². The predicted octanol–water partition coefficient (Wildman–Crippen LogP) is 6.76. The van der Waals surface area contributed by atoms with E-state index >= 15 is 0 Å². The summed E-state index contributed by atoms with van der Waals surface area (Å²) in [6.07, 6.45) is 15.6. The Balaban J connectivity index is 2.72. The molecule has 1 fully saturated rings. The molecule has 0 bridgehead atoms. The number of esters is 1. The van der Waals surface area contributed by atoms with Gasteiger partial charge in [0.1, 0.15) is 6.10 Å². The maximum absolute atomic E-state index is 12.9. The molecular formula is C24H44O4. The summed E-state index contributed by atoms with van der Waals surface area (Å²) in [6, 6.07) is 0. The summed E-state index contributed by atoms with van der Waals surface area (Å²) in [6.45, 7) is 6.64. The molecule has 0 aromatic carbocycles. The Morgan fingerprint density at radius 1 is 0.857 bits per heavy atom. The van der Waals surface area contributed by atoms with Crippen molar-refractivity contribution in [3.05, 3.63) is 0 Å². The number of carbonyl (C=O) groups is 2. The molecule has 0 saturated heterocycles. The van der Waals surface area contributed by atoms with E-state index in [0.29, 0.717) is 18.8 Å². The van der Waals surface area contributed by atoms with Gasteiger partial charge in [0.2, 0.25) is 0 Å². The maximum Gasteiger partial charge on any atom is 0.310 e. The number of carboxylic acids is 1. The Kier molecular flexibility index (Phi) is 13.3. The molecule has 1 aliphatic carbocycles. The van der Waals surface area contributed by atoms with Crippen LogP contribution in [0.2, 0.25) is 0 Å². The fraction of sp³-hybridized carbons (Fsp3) is 0.917. The first kappa shape index (κ1) is 25.0. The highest BCUT2D eigenvalue weighted by molar-refractivity contribution is 5.81. The molecule has 0 aromatic heterocycles. The largest absolute Gasteiger partial charge is 0.481 e. The zero-order valence-corrected chi connectivity index (χ0v) is 18.6. The van der Waals surface area contributed by atoms with Crippen molar-refractivity contribution in [1.82, 2.24) is 0 Å². The second-order valence-corrected chi connectivity index (χ2v) is 8.78. The molecule has 4 nitrogen and oxygen atoms in total. The van der Waals surface area contributed by atoms with Gasteiger partial charge in [-0.25, -0.2) is 0 Å². The van der Waals surface area contributed by atoms with Gasteiger partial charge in [0, 0.05) is 0 Å². The normalized spacial score (nSPS) is 21.8. The number of ether oxygens (including phenoxy) is 1. The average Bonchev–Trinajstić information content (AvgIpc) is 2.68. The van der Waals surface area contributed by atoms with Crippen molar-refractivity contribution in [2.45, 2.75) is 123 Å². The number of carboxylic acid groups (broad SMARTS) is 1. The molecule has 4 unspecified atom stereocenters. The van der Waals surface area contributed by atoms with Gasteiger partial charge in [-0.15, -0.1) is 0 Å². The summed E-state index contributed by atoms with van der Waals surface area (Å²) in [4.78, 5) is 24.4. The molecule has 0 aliphatic heterocycles. The zero-order valence-electron chi connectivity index (χ0n) is 18.6. The molecular weight excluding hydrogens is 352 g/mol. The van der Waals surface area contributed by atoms with Gasteiger partial charge < -0.3 is 9.84 Å². The van der Waals surface area contributed by atoms with Crippen molar-refractivity contribution >= 4 is 11.9 Å². The maximum atomic E-state index is 12.9. The van der Waals surface area contributed by atoms with Crippen LogP contribution in [-0.2, 0) is 14.3 Å². The van der Waals surface area contributed by atoms with Crippen LogP contribution in [0.5, 0.6) is 0 Å². The van der Waals surface area contributed by atoms with E-state index in [4.69, 9.17) is 4.74 Å². The summed E-state index contributed by atoms with van der Waals surface area (Å²) in [5, 5.41) is 9.49. The SMILES string of the molecule is CCCCCC(CCC)CC(CCCCC)OC(=O)C1CCCCC1C(=O)O. The van der Waals surface area contributed by atoms with Crippen molar-refractivity contribution in [2.75, 3.05) is 0 Å². The van der Waals surface area contributed by atoms with Crippen molar-refractivity contribution in [3.8, 4) is 0 Å². The van der Waals surface area contributed by atoms with Crippen LogP contribution in [0.1, 0.15) is 117 Å².